The van der Waals surface area contributed by atoms with E-state index in [1.54, 1.807) is 17.0 Å². The number of benzene rings is 2. The van der Waals surface area contributed by atoms with Gasteiger partial charge in [0.1, 0.15) is 11.3 Å². The summed E-state index contributed by atoms with van der Waals surface area (Å²) in [5.41, 5.74) is 1.04. The summed E-state index contributed by atoms with van der Waals surface area (Å²) in [6.07, 6.45) is 1.88. The summed E-state index contributed by atoms with van der Waals surface area (Å²) in [7, 11) is 0.543. The summed E-state index contributed by atoms with van der Waals surface area (Å²) in [5.74, 6) is 0.406. The van der Waals surface area contributed by atoms with Gasteiger partial charge in [0.05, 0.1) is 16.2 Å². The highest BCUT2D eigenvalue weighted by atomic mass is 32.2. The Kier molecular flexibility index (Phi) is 7.30. The Hall–Kier alpha value is -2.49. The first-order valence-electron chi connectivity index (χ1n) is 9.99. The number of aromatic nitrogens is 1. The lowest BCUT2D eigenvalue weighted by molar-refractivity contribution is 0.0986. The van der Waals surface area contributed by atoms with Crippen molar-refractivity contribution in [2.45, 2.75) is 18.2 Å². The minimum absolute atomic E-state index is 0.120. The highest BCUT2D eigenvalue weighted by Gasteiger charge is 2.23. The van der Waals surface area contributed by atoms with Gasteiger partial charge in [-0.1, -0.05) is 23.5 Å². The summed E-state index contributed by atoms with van der Waals surface area (Å²) in [6.45, 7) is 3.71. The molecule has 1 amide bonds. The van der Waals surface area contributed by atoms with Crippen molar-refractivity contribution in [2.24, 2.45) is 0 Å². The maximum absolute atomic E-state index is 13.4. The Balaban J connectivity index is 2.01. The van der Waals surface area contributed by atoms with Crippen LogP contribution in [0.4, 0.5) is 5.13 Å². The van der Waals surface area contributed by atoms with Gasteiger partial charge in [-0.2, -0.15) is 0 Å². The lowest BCUT2D eigenvalue weighted by Gasteiger charge is -2.21. The third-order valence-corrected chi connectivity index (χ3v) is 6.80. The number of nitrogens with zero attached hydrogens (tertiary/aromatic N) is 3. The van der Waals surface area contributed by atoms with E-state index in [4.69, 9.17) is 9.72 Å². The van der Waals surface area contributed by atoms with Gasteiger partial charge < -0.3 is 9.64 Å². The number of hydrogen-bond donors (Lipinski definition) is 0. The van der Waals surface area contributed by atoms with Gasteiger partial charge in [-0.15, -0.1) is 0 Å². The van der Waals surface area contributed by atoms with Gasteiger partial charge in [0.15, 0.2) is 15.0 Å². The minimum atomic E-state index is -3.42. The van der Waals surface area contributed by atoms with Crippen molar-refractivity contribution in [1.82, 2.24) is 9.88 Å². The van der Waals surface area contributed by atoms with E-state index in [9.17, 15) is 13.2 Å². The fourth-order valence-corrected chi connectivity index (χ4v) is 4.82. The van der Waals surface area contributed by atoms with Crippen LogP contribution in [0.15, 0.2) is 47.4 Å². The predicted molar refractivity (Wildman–Crippen MR) is 125 cm³/mol. The quantitative estimate of drug-likeness (QED) is 0.483. The second-order valence-electron chi connectivity index (χ2n) is 7.45. The molecule has 0 spiro atoms. The van der Waals surface area contributed by atoms with Crippen LogP contribution in [0.3, 0.4) is 0 Å². The number of carbonyl (C=O) groups excluding carboxylic acids is 1. The van der Waals surface area contributed by atoms with Crippen LogP contribution in [0.25, 0.3) is 10.2 Å². The van der Waals surface area contributed by atoms with E-state index in [1.807, 2.05) is 39.2 Å². The van der Waals surface area contributed by atoms with Crippen LogP contribution in [-0.4, -0.2) is 64.3 Å². The summed E-state index contributed by atoms with van der Waals surface area (Å²) in [6, 6.07) is 11.9. The average Bonchev–Trinajstić information content (AvgIpc) is 3.15. The molecule has 0 unspecified atom stereocenters. The molecule has 0 radical (unpaired) electrons. The van der Waals surface area contributed by atoms with Gasteiger partial charge in [-0.3, -0.25) is 9.69 Å². The molecule has 0 atom stereocenters. The van der Waals surface area contributed by atoms with Gasteiger partial charge >= 0.3 is 0 Å². The van der Waals surface area contributed by atoms with E-state index in [0.29, 0.717) is 29.6 Å². The molecule has 3 aromatic rings. The van der Waals surface area contributed by atoms with Crippen LogP contribution in [0.5, 0.6) is 5.75 Å². The molecule has 0 fully saturated rings. The molecule has 0 saturated heterocycles. The Bertz CT molecular complexity index is 1170. The van der Waals surface area contributed by atoms with Crippen molar-refractivity contribution in [3.05, 3.63) is 48.0 Å². The van der Waals surface area contributed by atoms with Crippen LogP contribution in [0.1, 0.15) is 23.7 Å². The number of fused-ring (bicyclic) bond motifs is 1. The smallest absolute Gasteiger partial charge is 0.260 e. The second-order valence-corrected chi connectivity index (χ2v) is 10.5. The van der Waals surface area contributed by atoms with Crippen molar-refractivity contribution in [2.75, 3.05) is 44.9 Å². The van der Waals surface area contributed by atoms with Gasteiger partial charge in [0.25, 0.3) is 5.91 Å². The maximum atomic E-state index is 13.4. The van der Waals surface area contributed by atoms with Crippen molar-refractivity contribution in [1.29, 1.82) is 0 Å². The zero-order chi connectivity index (χ0) is 22.6. The first kappa shape index (κ1) is 23.2. The van der Waals surface area contributed by atoms with Crippen LogP contribution in [0, 0.1) is 0 Å². The summed E-state index contributed by atoms with van der Waals surface area (Å²) < 4.78 is 30.5. The Labute approximate surface area is 187 Å². The topological polar surface area (TPSA) is 79.8 Å². The zero-order valence-electron chi connectivity index (χ0n) is 18.2. The number of sulfone groups is 1. The monoisotopic (exact) mass is 461 g/mol. The lowest BCUT2D eigenvalue weighted by Crippen LogP contribution is -2.33. The van der Waals surface area contributed by atoms with E-state index in [0.717, 1.165) is 29.4 Å². The molecule has 0 saturated carbocycles. The molecule has 31 heavy (non-hydrogen) atoms. The second kappa shape index (κ2) is 9.76. The van der Waals surface area contributed by atoms with Crippen molar-refractivity contribution < 1.29 is 17.9 Å². The SMILES string of the molecule is CCOc1cccc2sc(N(CCCN(C)C)C(=O)c3cccc(S(C)(=O)=O)c3)nc12. The molecule has 166 valence electrons. The summed E-state index contributed by atoms with van der Waals surface area (Å²) in [5, 5.41) is 0.565. The molecule has 0 N–H and O–H groups in total. The van der Waals surface area contributed by atoms with Gasteiger partial charge in [-0.05, 0) is 64.3 Å². The Morgan fingerprint density at radius 1 is 1.13 bits per heavy atom. The first-order valence-corrected chi connectivity index (χ1v) is 12.7. The molecule has 0 bridgehead atoms. The molecular weight excluding hydrogens is 434 g/mol. The molecule has 3 rings (SSSR count). The molecule has 0 aliphatic heterocycles. The lowest BCUT2D eigenvalue weighted by atomic mass is 10.2. The summed E-state index contributed by atoms with van der Waals surface area (Å²) >= 11 is 1.42. The molecule has 2 aromatic carbocycles. The largest absolute Gasteiger partial charge is 0.492 e. The standard InChI is InChI=1S/C22H27N3O4S2/c1-5-29-18-11-7-12-19-20(18)23-22(30-19)25(14-8-13-24(2)3)21(26)16-9-6-10-17(15-16)31(4,27)28/h6-7,9-12,15H,5,8,13-14H2,1-4H3. The van der Waals surface area contributed by atoms with E-state index in [-0.39, 0.29) is 10.8 Å². The predicted octanol–water partition coefficient (Wildman–Crippen LogP) is 3.70. The van der Waals surface area contributed by atoms with Gasteiger partial charge in [-0.25, -0.2) is 13.4 Å². The number of carbonyl (C=O) groups is 1. The highest BCUT2D eigenvalue weighted by Crippen LogP contribution is 2.35. The molecule has 7 nitrogen and oxygen atoms in total. The van der Waals surface area contributed by atoms with Crippen LogP contribution in [-0.2, 0) is 9.84 Å². The number of amides is 1. The average molecular weight is 462 g/mol. The third-order valence-electron chi connectivity index (χ3n) is 4.64. The number of rotatable bonds is 9. The molecule has 1 heterocycles. The molecule has 0 aliphatic carbocycles. The number of anilines is 1. The maximum Gasteiger partial charge on any atom is 0.260 e. The Morgan fingerprint density at radius 2 is 1.87 bits per heavy atom. The molecule has 0 aliphatic rings. The van der Waals surface area contributed by atoms with Gasteiger partial charge in [0.2, 0.25) is 0 Å². The first-order chi connectivity index (χ1) is 14.7. The van der Waals surface area contributed by atoms with Gasteiger partial charge in [0, 0.05) is 18.4 Å². The number of ether oxygens (including phenoxy) is 1. The fourth-order valence-electron chi connectivity index (χ4n) is 3.14. The van der Waals surface area contributed by atoms with E-state index >= 15 is 0 Å². The zero-order valence-corrected chi connectivity index (χ0v) is 19.8. The molecular formula is C22H27N3O4S2. The molecule has 1 aromatic heterocycles. The number of para-hydroxylation sites is 1. The van der Waals surface area contributed by atoms with Crippen molar-refractivity contribution in [3.8, 4) is 5.75 Å². The highest BCUT2D eigenvalue weighted by molar-refractivity contribution is 7.90. The molecule has 9 heteroatoms. The normalized spacial score (nSPS) is 11.8. The van der Waals surface area contributed by atoms with E-state index in [1.165, 1.54) is 23.5 Å². The van der Waals surface area contributed by atoms with Crippen LogP contribution >= 0.6 is 11.3 Å². The van der Waals surface area contributed by atoms with Crippen LogP contribution < -0.4 is 9.64 Å². The fraction of sp³-hybridized carbons (Fsp3) is 0.364. The number of thiazole rings is 1. The Morgan fingerprint density at radius 3 is 2.55 bits per heavy atom. The van der Waals surface area contributed by atoms with Crippen molar-refractivity contribution in [3.63, 3.8) is 0 Å². The van der Waals surface area contributed by atoms with Crippen LogP contribution in [0.2, 0.25) is 0 Å². The summed E-state index contributed by atoms with van der Waals surface area (Å²) in [4.78, 5) is 22.0. The number of hydrogen-bond acceptors (Lipinski definition) is 7. The van der Waals surface area contributed by atoms with Crippen molar-refractivity contribution >= 4 is 42.4 Å². The van der Waals surface area contributed by atoms with E-state index < -0.39 is 9.84 Å². The minimum Gasteiger partial charge on any atom is -0.492 e. The van der Waals surface area contributed by atoms with E-state index in [2.05, 4.69) is 4.90 Å². The third kappa shape index (κ3) is 5.61.